The van der Waals surface area contributed by atoms with Gasteiger partial charge < -0.3 is 15.2 Å². The smallest absolute Gasteiger partial charge is 0.255 e. The highest BCUT2D eigenvalue weighted by Crippen LogP contribution is 2.28. The number of carbonyl (C=O) groups is 1. The quantitative estimate of drug-likeness (QED) is 0.924. The Morgan fingerprint density at radius 1 is 1.29 bits per heavy atom. The molecule has 5 heteroatoms. The van der Waals surface area contributed by atoms with Crippen LogP contribution in [0.5, 0.6) is 0 Å². The van der Waals surface area contributed by atoms with E-state index in [1.54, 1.807) is 0 Å². The summed E-state index contributed by atoms with van der Waals surface area (Å²) >= 11 is 5.98. The molecule has 2 heterocycles. The van der Waals surface area contributed by atoms with E-state index in [4.69, 9.17) is 17.3 Å². The summed E-state index contributed by atoms with van der Waals surface area (Å²) in [7, 11) is 0. The Morgan fingerprint density at radius 3 is 2.54 bits per heavy atom. The molecule has 0 spiro atoms. The summed E-state index contributed by atoms with van der Waals surface area (Å²) in [6.07, 6.45) is 0.984. The van der Waals surface area contributed by atoms with Crippen LogP contribution in [0.4, 0.5) is 0 Å². The first-order valence-electron chi connectivity index (χ1n) is 8.38. The van der Waals surface area contributed by atoms with Gasteiger partial charge in [0, 0.05) is 34.7 Å². The number of carbonyl (C=O) groups excluding carboxylic acids is 1. The summed E-state index contributed by atoms with van der Waals surface area (Å²) in [6, 6.07) is 9.90. The van der Waals surface area contributed by atoms with Crippen molar-refractivity contribution in [1.82, 2.24) is 9.47 Å². The van der Waals surface area contributed by atoms with Crippen LogP contribution in [0, 0.1) is 19.8 Å². The minimum absolute atomic E-state index is 0.103. The second-order valence-electron chi connectivity index (χ2n) is 6.74. The lowest BCUT2D eigenvalue weighted by Crippen LogP contribution is -2.34. The molecule has 24 heavy (non-hydrogen) atoms. The highest BCUT2D eigenvalue weighted by molar-refractivity contribution is 6.30. The van der Waals surface area contributed by atoms with Gasteiger partial charge in [-0.3, -0.25) is 4.79 Å². The molecule has 1 fully saturated rings. The number of benzene rings is 1. The Hall–Kier alpha value is -1.78. The first-order valence-corrected chi connectivity index (χ1v) is 8.76. The van der Waals surface area contributed by atoms with Gasteiger partial charge in [-0.2, -0.15) is 0 Å². The second kappa shape index (κ2) is 6.61. The predicted molar refractivity (Wildman–Crippen MR) is 97.9 cm³/mol. The standard InChI is InChI=1S/C19H24ClN3O/c1-12-8-15(10-21)11-22(12)19(24)18-9-13(2)23(14(18)3)17-6-4-16(20)5-7-17/h4-7,9,12,15H,8,10-11,21H2,1-3H3. The van der Waals surface area contributed by atoms with Crippen molar-refractivity contribution in [3.63, 3.8) is 0 Å². The Morgan fingerprint density at radius 2 is 1.96 bits per heavy atom. The molecular formula is C19H24ClN3O. The number of aryl methyl sites for hydroxylation is 1. The third-order valence-corrected chi connectivity index (χ3v) is 5.25. The number of rotatable bonds is 3. The number of halogens is 1. The summed E-state index contributed by atoms with van der Waals surface area (Å²) in [5.41, 5.74) is 9.58. The van der Waals surface area contributed by atoms with Crippen LogP contribution in [-0.2, 0) is 0 Å². The van der Waals surface area contributed by atoms with Gasteiger partial charge in [0.05, 0.1) is 5.56 Å². The highest BCUT2D eigenvalue weighted by atomic mass is 35.5. The van der Waals surface area contributed by atoms with Crippen LogP contribution in [0.3, 0.4) is 0 Å². The van der Waals surface area contributed by atoms with E-state index in [2.05, 4.69) is 11.5 Å². The fraction of sp³-hybridized carbons (Fsp3) is 0.421. The second-order valence-corrected chi connectivity index (χ2v) is 7.18. The molecule has 128 valence electrons. The van der Waals surface area contributed by atoms with E-state index in [0.29, 0.717) is 17.5 Å². The van der Waals surface area contributed by atoms with Crippen molar-refractivity contribution in [3.05, 3.63) is 52.3 Å². The van der Waals surface area contributed by atoms with Crippen LogP contribution in [0.1, 0.15) is 35.1 Å². The topological polar surface area (TPSA) is 51.3 Å². The maximum atomic E-state index is 13.0. The van der Waals surface area contributed by atoms with Crippen LogP contribution in [0.15, 0.2) is 30.3 Å². The maximum absolute atomic E-state index is 13.0. The van der Waals surface area contributed by atoms with Crippen LogP contribution in [0.2, 0.25) is 5.02 Å². The maximum Gasteiger partial charge on any atom is 0.255 e. The van der Waals surface area contributed by atoms with Crippen molar-refractivity contribution in [3.8, 4) is 5.69 Å². The van der Waals surface area contributed by atoms with Gasteiger partial charge >= 0.3 is 0 Å². The molecule has 1 aliphatic heterocycles. The summed E-state index contributed by atoms with van der Waals surface area (Å²) < 4.78 is 2.10. The number of aromatic nitrogens is 1. The van der Waals surface area contributed by atoms with Crippen molar-refractivity contribution in [2.75, 3.05) is 13.1 Å². The molecule has 0 aliphatic carbocycles. The molecule has 1 aromatic carbocycles. The lowest BCUT2D eigenvalue weighted by atomic mass is 10.1. The molecule has 2 unspecified atom stereocenters. The highest BCUT2D eigenvalue weighted by Gasteiger charge is 2.33. The van der Waals surface area contributed by atoms with Crippen LogP contribution in [0.25, 0.3) is 5.69 Å². The SMILES string of the molecule is Cc1cc(C(=O)N2CC(CN)CC2C)c(C)n1-c1ccc(Cl)cc1. The van der Waals surface area contributed by atoms with E-state index in [0.717, 1.165) is 35.6 Å². The summed E-state index contributed by atoms with van der Waals surface area (Å²) in [5, 5.41) is 0.705. The first-order chi connectivity index (χ1) is 11.4. The lowest BCUT2D eigenvalue weighted by molar-refractivity contribution is 0.0742. The average molecular weight is 346 g/mol. The number of amides is 1. The molecule has 1 saturated heterocycles. The molecule has 0 saturated carbocycles. The number of likely N-dealkylation sites (tertiary alicyclic amines) is 1. The number of nitrogens with zero attached hydrogens (tertiary/aromatic N) is 2. The average Bonchev–Trinajstić information content (AvgIpc) is 3.08. The zero-order valence-corrected chi connectivity index (χ0v) is 15.2. The summed E-state index contributed by atoms with van der Waals surface area (Å²) in [5.74, 6) is 0.510. The Labute approximate surface area is 148 Å². The van der Waals surface area contributed by atoms with Crippen molar-refractivity contribution in [2.24, 2.45) is 11.7 Å². The van der Waals surface area contributed by atoms with Crippen molar-refractivity contribution in [1.29, 1.82) is 0 Å². The Kier molecular flexibility index (Phi) is 4.70. The molecule has 3 rings (SSSR count). The largest absolute Gasteiger partial charge is 0.336 e. The molecule has 1 aliphatic rings. The minimum atomic E-state index is 0.103. The number of hydrogen-bond acceptors (Lipinski definition) is 2. The zero-order valence-electron chi connectivity index (χ0n) is 14.4. The van der Waals surface area contributed by atoms with Crippen LogP contribution < -0.4 is 5.73 Å². The zero-order chi connectivity index (χ0) is 17.4. The van der Waals surface area contributed by atoms with Crippen molar-refractivity contribution < 1.29 is 4.79 Å². The molecular weight excluding hydrogens is 322 g/mol. The number of nitrogens with two attached hydrogens (primary N) is 1. The predicted octanol–water partition coefficient (Wildman–Crippen LogP) is 3.56. The molecule has 1 aromatic heterocycles. The van der Waals surface area contributed by atoms with E-state index in [-0.39, 0.29) is 11.9 Å². The van der Waals surface area contributed by atoms with Gasteiger partial charge in [0.1, 0.15) is 0 Å². The van der Waals surface area contributed by atoms with Gasteiger partial charge in [0.15, 0.2) is 0 Å². The van der Waals surface area contributed by atoms with Gasteiger partial charge in [-0.15, -0.1) is 0 Å². The third kappa shape index (κ3) is 2.96. The van der Waals surface area contributed by atoms with E-state index in [9.17, 15) is 4.79 Å². The first kappa shape index (κ1) is 17.1. The van der Waals surface area contributed by atoms with E-state index in [1.807, 2.05) is 49.1 Å². The Bertz CT molecular complexity index is 751. The Balaban J connectivity index is 1.94. The molecule has 4 nitrogen and oxygen atoms in total. The molecule has 0 bridgehead atoms. The fourth-order valence-electron chi connectivity index (χ4n) is 3.72. The van der Waals surface area contributed by atoms with Crippen LogP contribution in [-0.4, -0.2) is 34.5 Å². The van der Waals surface area contributed by atoms with Crippen molar-refractivity contribution in [2.45, 2.75) is 33.2 Å². The summed E-state index contributed by atoms with van der Waals surface area (Å²) in [4.78, 5) is 15.0. The van der Waals surface area contributed by atoms with Gasteiger partial charge in [0.25, 0.3) is 5.91 Å². The van der Waals surface area contributed by atoms with Gasteiger partial charge in [-0.05, 0) is 70.0 Å². The molecule has 2 N–H and O–H groups in total. The molecule has 1 amide bonds. The summed E-state index contributed by atoms with van der Waals surface area (Å²) in [6.45, 7) is 7.51. The fourth-order valence-corrected chi connectivity index (χ4v) is 3.84. The minimum Gasteiger partial charge on any atom is -0.336 e. The lowest BCUT2D eigenvalue weighted by Gasteiger charge is -2.21. The third-order valence-electron chi connectivity index (χ3n) is 5.00. The van der Waals surface area contributed by atoms with E-state index >= 15 is 0 Å². The molecule has 0 radical (unpaired) electrons. The van der Waals surface area contributed by atoms with E-state index in [1.165, 1.54) is 0 Å². The van der Waals surface area contributed by atoms with Crippen molar-refractivity contribution >= 4 is 17.5 Å². The number of hydrogen-bond donors (Lipinski definition) is 1. The molecule has 2 atom stereocenters. The van der Waals surface area contributed by atoms with Gasteiger partial charge in [-0.25, -0.2) is 0 Å². The van der Waals surface area contributed by atoms with Gasteiger partial charge in [-0.1, -0.05) is 11.6 Å². The van der Waals surface area contributed by atoms with Crippen LogP contribution >= 0.6 is 11.6 Å². The van der Waals surface area contributed by atoms with E-state index < -0.39 is 0 Å². The normalized spacial score (nSPS) is 20.6. The monoisotopic (exact) mass is 345 g/mol. The molecule has 2 aromatic rings. The van der Waals surface area contributed by atoms with Gasteiger partial charge in [0.2, 0.25) is 0 Å².